The first kappa shape index (κ1) is 19.5. The molecule has 1 aliphatic rings. The zero-order valence-electron chi connectivity index (χ0n) is 15.3. The summed E-state index contributed by atoms with van der Waals surface area (Å²) in [5.41, 5.74) is 2.09. The van der Waals surface area contributed by atoms with Crippen molar-refractivity contribution in [2.75, 3.05) is 25.5 Å². The van der Waals surface area contributed by atoms with Crippen LogP contribution in [0.25, 0.3) is 0 Å². The number of carbonyl (C=O) groups excluding carboxylic acids is 2. The number of anilines is 1. The number of thiophene rings is 1. The molecule has 1 amide bonds. The lowest BCUT2D eigenvalue weighted by Gasteiger charge is -2.19. The maximum atomic E-state index is 12.5. The van der Waals surface area contributed by atoms with Gasteiger partial charge in [-0.3, -0.25) is 10.1 Å². The third-order valence-electron chi connectivity index (χ3n) is 4.32. The number of nitrogens with one attached hydrogen (secondary N) is 3. The van der Waals surface area contributed by atoms with Gasteiger partial charge in [0.05, 0.1) is 30.6 Å². The van der Waals surface area contributed by atoms with Crippen molar-refractivity contribution >= 4 is 45.5 Å². The average Bonchev–Trinajstić information content (AvgIpc) is 2.99. The molecule has 1 aliphatic heterocycles. The summed E-state index contributed by atoms with van der Waals surface area (Å²) in [6.07, 6.45) is 0.816. The molecule has 3 N–H and O–H groups in total. The van der Waals surface area contributed by atoms with E-state index in [1.54, 1.807) is 31.2 Å². The molecule has 3 rings (SSSR count). The minimum absolute atomic E-state index is 0.161. The van der Waals surface area contributed by atoms with E-state index >= 15 is 0 Å². The van der Waals surface area contributed by atoms with Crippen molar-refractivity contribution in [1.29, 1.82) is 0 Å². The van der Waals surface area contributed by atoms with Gasteiger partial charge in [0, 0.05) is 12.0 Å². The van der Waals surface area contributed by atoms with Gasteiger partial charge in [0.2, 0.25) is 0 Å². The van der Waals surface area contributed by atoms with Crippen molar-refractivity contribution in [2.45, 2.75) is 19.9 Å². The quantitative estimate of drug-likeness (QED) is 0.534. The first-order chi connectivity index (χ1) is 13.0. The summed E-state index contributed by atoms with van der Waals surface area (Å²) in [5.74, 6) is -0.648. The number of likely N-dealkylation sites (N-methyl/N-ethyl adjacent to an activating group) is 1. The van der Waals surface area contributed by atoms with Gasteiger partial charge in [0.1, 0.15) is 11.5 Å². The number of thiocarbonyl (C=S) groups is 1. The predicted molar refractivity (Wildman–Crippen MR) is 110 cm³/mol. The molecule has 2 heterocycles. The standard InChI is InChI=1S/C19H21N3O3S2/c1-3-25-18(24)15-13-9-10-22(2)11-14(13)27-17(15)21-19(26)20-16(23)12-7-5-4-6-8-12/h4-8H,3,9-11H2,1-2H3,(H2,20,21,23,26)/p+1. The van der Waals surface area contributed by atoms with Crippen molar-refractivity contribution in [3.63, 3.8) is 0 Å². The number of quaternary nitrogens is 1. The Morgan fingerprint density at radius 1 is 1.30 bits per heavy atom. The van der Waals surface area contributed by atoms with Crippen LogP contribution in [-0.4, -0.2) is 37.2 Å². The zero-order chi connectivity index (χ0) is 19.4. The number of benzene rings is 1. The topological polar surface area (TPSA) is 71.9 Å². The summed E-state index contributed by atoms with van der Waals surface area (Å²) < 4.78 is 5.24. The maximum Gasteiger partial charge on any atom is 0.341 e. The van der Waals surface area contributed by atoms with Crippen LogP contribution in [-0.2, 0) is 17.7 Å². The largest absolute Gasteiger partial charge is 0.462 e. The first-order valence-corrected chi connectivity index (χ1v) is 10.0. The van der Waals surface area contributed by atoms with Crippen LogP contribution >= 0.6 is 23.6 Å². The van der Waals surface area contributed by atoms with Gasteiger partial charge < -0.3 is 15.0 Å². The van der Waals surface area contributed by atoms with E-state index in [4.69, 9.17) is 17.0 Å². The molecule has 0 saturated heterocycles. The van der Waals surface area contributed by atoms with Crippen molar-refractivity contribution < 1.29 is 19.2 Å². The summed E-state index contributed by atoms with van der Waals surface area (Å²) in [6, 6.07) is 8.84. The van der Waals surface area contributed by atoms with E-state index in [1.807, 2.05) is 6.07 Å². The number of carbonyl (C=O) groups is 2. The highest BCUT2D eigenvalue weighted by molar-refractivity contribution is 7.80. The summed E-state index contributed by atoms with van der Waals surface area (Å²) >= 11 is 6.79. The van der Waals surface area contributed by atoms with E-state index in [1.165, 1.54) is 16.2 Å². The smallest absolute Gasteiger partial charge is 0.341 e. The highest BCUT2D eigenvalue weighted by Gasteiger charge is 2.30. The van der Waals surface area contributed by atoms with Gasteiger partial charge in [-0.25, -0.2) is 4.79 Å². The Labute approximate surface area is 167 Å². The summed E-state index contributed by atoms with van der Waals surface area (Å²) in [4.78, 5) is 27.3. The molecule has 1 unspecified atom stereocenters. The van der Waals surface area contributed by atoms with Crippen LogP contribution in [0.2, 0.25) is 0 Å². The highest BCUT2D eigenvalue weighted by Crippen LogP contribution is 2.35. The van der Waals surface area contributed by atoms with E-state index in [-0.39, 0.29) is 17.0 Å². The lowest BCUT2D eigenvalue weighted by atomic mass is 10.0. The monoisotopic (exact) mass is 404 g/mol. The second-order valence-electron chi connectivity index (χ2n) is 6.34. The van der Waals surface area contributed by atoms with Crippen molar-refractivity contribution in [1.82, 2.24) is 5.32 Å². The third kappa shape index (κ3) is 4.52. The number of esters is 1. The molecular formula is C19H22N3O3S2+. The average molecular weight is 405 g/mol. The number of hydrogen-bond donors (Lipinski definition) is 3. The Bertz CT molecular complexity index is 865. The van der Waals surface area contributed by atoms with Crippen LogP contribution in [0.5, 0.6) is 0 Å². The van der Waals surface area contributed by atoms with Crippen LogP contribution in [0.1, 0.15) is 38.1 Å². The number of amides is 1. The van der Waals surface area contributed by atoms with E-state index in [0.29, 0.717) is 22.7 Å². The Morgan fingerprint density at radius 2 is 2.04 bits per heavy atom. The van der Waals surface area contributed by atoms with Crippen LogP contribution in [0.15, 0.2) is 30.3 Å². The SMILES string of the molecule is CCOC(=O)c1c(NC(=S)NC(=O)c2ccccc2)sc2c1CC[NH+](C)C2. The van der Waals surface area contributed by atoms with E-state index in [2.05, 4.69) is 17.7 Å². The predicted octanol–water partition coefficient (Wildman–Crippen LogP) is 1.62. The van der Waals surface area contributed by atoms with Crippen molar-refractivity contribution in [3.8, 4) is 0 Å². The molecule has 0 bridgehead atoms. The van der Waals surface area contributed by atoms with Gasteiger partial charge >= 0.3 is 5.97 Å². The van der Waals surface area contributed by atoms with Gasteiger partial charge in [0.25, 0.3) is 5.91 Å². The molecule has 1 aromatic heterocycles. The van der Waals surface area contributed by atoms with E-state index in [9.17, 15) is 9.59 Å². The molecule has 2 aromatic rings. The second kappa shape index (κ2) is 8.60. The minimum atomic E-state index is -0.353. The fourth-order valence-electron chi connectivity index (χ4n) is 3.03. The molecular weight excluding hydrogens is 382 g/mol. The summed E-state index contributed by atoms with van der Waals surface area (Å²) in [7, 11) is 2.13. The fraction of sp³-hybridized carbons (Fsp3) is 0.316. The maximum absolute atomic E-state index is 12.5. The number of fused-ring (bicyclic) bond motifs is 1. The Hall–Kier alpha value is -2.29. The molecule has 0 aliphatic carbocycles. The van der Waals surface area contributed by atoms with Gasteiger partial charge in [-0.05, 0) is 36.8 Å². The lowest BCUT2D eigenvalue weighted by Crippen LogP contribution is -3.08. The van der Waals surface area contributed by atoms with Crippen LogP contribution in [0, 0.1) is 0 Å². The molecule has 142 valence electrons. The van der Waals surface area contributed by atoms with Crippen molar-refractivity contribution in [3.05, 3.63) is 51.9 Å². The Balaban J connectivity index is 1.80. The minimum Gasteiger partial charge on any atom is -0.462 e. The molecule has 1 aromatic carbocycles. The lowest BCUT2D eigenvalue weighted by molar-refractivity contribution is -0.895. The number of rotatable bonds is 4. The molecule has 0 spiro atoms. The van der Waals surface area contributed by atoms with Gasteiger partial charge in [-0.2, -0.15) is 0 Å². The first-order valence-electron chi connectivity index (χ1n) is 8.80. The molecule has 0 radical (unpaired) electrons. The molecule has 0 fully saturated rings. The Morgan fingerprint density at radius 3 is 2.74 bits per heavy atom. The van der Waals surface area contributed by atoms with Crippen LogP contribution in [0.3, 0.4) is 0 Å². The summed E-state index contributed by atoms with van der Waals surface area (Å²) in [5, 5.41) is 6.49. The molecule has 6 nitrogen and oxygen atoms in total. The second-order valence-corrected chi connectivity index (χ2v) is 7.85. The summed E-state index contributed by atoms with van der Waals surface area (Å²) in [6.45, 7) is 3.91. The van der Waals surface area contributed by atoms with E-state index < -0.39 is 0 Å². The van der Waals surface area contributed by atoms with Gasteiger partial charge in [-0.15, -0.1) is 11.3 Å². The van der Waals surface area contributed by atoms with Gasteiger partial charge in [0.15, 0.2) is 5.11 Å². The fourth-order valence-corrected chi connectivity index (χ4v) is 4.64. The van der Waals surface area contributed by atoms with Crippen LogP contribution < -0.4 is 15.5 Å². The third-order valence-corrected chi connectivity index (χ3v) is 5.68. The molecule has 1 atom stereocenters. The normalized spacial score (nSPS) is 15.6. The number of ether oxygens (including phenoxy) is 1. The molecule has 27 heavy (non-hydrogen) atoms. The van der Waals surface area contributed by atoms with E-state index in [0.717, 1.165) is 30.0 Å². The molecule has 8 heteroatoms. The number of hydrogen-bond acceptors (Lipinski definition) is 5. The Kier molecular flexibility index (Phi) is 6.20. The molecule has 0 saturated carbocycles. The zero-order valence-corrected chi connectivity index (χ0v) is 16.9. The van der Waals surface area contributed by atoms with Crippen molar-refractivity contribution in [2.24, 2.45) is 0 Å². The van der Waals surface area contributed by atoms with Crippen LogP contribution in [0.4, 0.5) is 5.00 Å². The van der Waals surface area contributed by atoms with Gasteiger partial charge in [-0.1, -0.05) is 18.2 Å². The highest BCUT2D eigenvalue weighted by atomic mass is 32.1.